The Morgan fingerprint density at radius 1 is 1.33 bits per heavy atom. The van der Waals surface area contributed by atoms with Crippen molar-refractivity contribution >= 4 is 22.3 Å². The minimum atomic E-state index is 0.729. The summed E-state index contributed by atoms with van der Waals surface area (Å²) in [6, 6.07) is 7.87. The van der Waals surface area contributed by atoms with Gasteiger partial charge in [-0.25, -0.2) is 0 Å². The normalized spacial score (nSPS) is 10.5. The van der Waals surface area contributed by atoms with Gasteiger partial charge in [-0.05, 0) is 30.7 Å². The number of nitrogens with zero attached hydrogens (tertiary/aromatic N) is 1. The standard InChI is InChI=1S/C12H15N3/c1-2-7-14-11-6-5-10(13)12-9(11)4-3-8-15-12/h3-6,8,14H,2,7,13H2,1H3. The van der Waals surface area contributed by atoms with E-state index in [9.17, 15) is 0 Å². The monoisotopic (exact) mass is 201 g/mol. The minimum absolute atomic E-state index is 0.729. The van der Waals surface area contributed by atoms with Gasteiger partial charge in [-0.3, -0.25) is 4.98 Å². The maximum Gasteiger partial charge on any atom is 0.0951 e. The predicted molar refractivity (Wildman–Crippen MR) is 64.9 cm³/mol. The van der Waals surface area contributed by atoms with E-state index in [4.69, 9.17) is 5.73 Å². The molecule has 78 valence electrons. The summed E-state index contributed by atoms with van der Waals surface area (Å²) in [6.07, 6.45) is 2.87. The predicted octanol–water partition coefficient (Wildman–Crippen LogP) is 2.64. The second-order valence-electron chi connectivity index (χ2n) is 3.53. The molecule has 0 saturated heterocycles. The number of nitrogen functional groups attached to an aromatic ring is 1. The topological polar surface area (TPSA) is 50.9 Å². The highest BCUT2D eigenvalue weighted by Crippen LogP contribution is 2.26. The smallest absolute Gasteiger partial charge is 0.0951 e. The van der Waals surface area contributed by atoms with Crippen LogP contribution in [-0.2, 0) is 0 Å². The van der Waals surface area contributed by atoms with Crippen LogP contribution in [0.2, 0.25) is 0 Å². The summed E-state index contributed by atoms with van der Waals surface area (Å²) in [6.45, 7) is 3.11. The van der Waals surface area contributed by atoms with Gasteiger partial charge in [-0.2, -0.15) is 0 Å². The number of benzene rings is 1. The molecule has 1 aromatic carbocycles. The van der Waals surface area contributed by atoms with Gasteiger partial charge in [-0.15, -0.1) is 0 Å². The third-order valence-corrected chi connectivity index (χ3v) is 2.37. The summed E-state index contributed by atoms with van der Waals surface area (Å²) in [5.41, 5.74) is 8.57. The zero-order valence-electron chi connectivity index (χ0n) is 8.83. The second kappa shape index (κ2) is 4.17. The van der Waals surface area contributed by atoms with Crippen LogP contribution in [0, 0.1) is 0 Å². The number of anilines is 2. The van der Waals surface area contributed by atoms with Gasteiger partial charge in [-0.1, -0.05) is 6.92 Å². The van der Waals surface area contributed by atoms with Crippen LogP contribution in [0.4, 0.5) is 11.4 Å². The molecule has 2 rings (SSSR count). The molecule has 2 aromatic rings. The second-order valence-corrected chi connectivity index (χ2v) is 3.53. The molecular formula is C12H15N3. The van der Waals surface area contributed by atoms with Crippen molar-refractivity contribution in [3.63, 3.8) is 0 Å². The lowest BCUT2D eigenvalue weighted by atomic mass is 10.1. The van der Waals surface area contributed by atoms with Crippen molar-refractivity contribution in [2.24, 2.45) is 0 Å². The third-order valence-electron chi connectivity index (χ3n) is 2.37. The van der Waals surface area contributed by atoms with Crippen molar-refractivity contribution in [1.29, 1.82) is 0 Å². The van der Waals surface area contributed by atoms with E-state index in [1.165, 1.54) is 0 Å². The van der Waals surface area contributed by atoms with Gasteiger partial charge in [0.2, 0.25) is 0 Å². The average Bonchev–Trinajstić information content (AvgIpc) is 2.29. The summed E-state index contributed by atoms with van der Waals surface area (Å²) >= 11 is 0. The number of aromatic nitrogens is 1. The zero-order valence-corrected chi connectivity index (χ0v) is 8.83. The first kappa shape index (κ1) is 9.77. The molecule has 0 radical (unpaired) electrons. The van der Waals surface area contributed by atoms with Crippen molar-refractivity contribution in [2.75, 3.05) is 17.6 Å². The number of fused-ring (bicyclic) bond motifs is 1. The fourth-order valence-electron chi connectivity index (χ4n) is 1.61. The van der Waals surface area contributed by atoms with Gasteiger partial charge in [0.15, 0.2) is 0 Å². The molecule has 1 heterocycles. The van der Waals surface area contributed by atoms with Gasteiger partial charge in [0.1, 0.15) is 0 Å². The van der Waals surface area contributed by atoms with Crippen LogP contribution < -0.4 is 11.1 Å². The molecule has 3 N–H and O–H groups in total. The maximum atomic E-state index is 5.86. The first-order valence-corrected chi connectivity index (χ1v) is 5.20. The lowest BCUT2D eigenvalue weighted by Gasteiger charge is -2.09. The first-order chi connectivity index (χ1) is 7.33. The van der Waals surface area contributed by atoms with Crippen LogP contribution in [0.1, 0.15) is 13.3 Å². The van der Waals surface area contributed by atoms with Crippen molar-refractivity contribution < 1.29 is 0 Å². The van der Waals surface area contributed by atoms with E-state index >= 15 is 0 Å². The summed E-state index contributed by atoms with van der Waals surface area (Å²) in [5, 5.41) is 4.46. The SMILES string of the molecule is CCCNc1ccc(N)c2ncccc12. The van der Waals surface area contributed by atoms with Gasteiger partial charge in [0.25, 0.3) is 0 Å². The Hall–Kier alpha value is -1.77. The van der Waals surface area contributed by atoms with Gasteiger partial charge >= 0.3 is 0 Å². The quantitative estimate of drug-likeness (QED) is 0.750. The van der Waals surface area contributed by atoms with E-state index in [-0.39, 0.29) is 0 Å². The van der Waals surface area contributed by atoms with E-state index in [0.29, 0.717) is 0 Å². The van der Waals surface area contributed by atoms with E-state index in [1.807, 2.05) is 24.3 Å². The molecule has 0 aliphatic carbocycles. The lowest BCUT2D eigenvalue weighted by molar-refractivity contribution is 0.981. The van der Waals surface area contributed by atoms with Crippen LogP contribution >= 0.6 is 0 Å². The van der Waals surface area contributed by atoms with E-state index in [0.717, 1.165) is 35.2 Å². The van der Waals surface area contributed by atoms with Crippen LogP contribution in [0.15, 0.2) is 30.5 Å². The third kappa shape index (κ3) is 1.86. The van der Waals surface area contributed by atoms with Crippen molar-refractivity contribution in [3.8, 4) is 0 Å². The summed E-state index contributed by atoms with van der Waals surface area (Å²) in [5.74, 6) is 0. The molecular weight excluding hydrogens is 186 g/mol. The molecule has 0 bridgehead atoms. The first-order valence-electron chi connectivity index (χ1n) is 5.20. The van der Waals surface area contributed by atoms with E-state index < -0.39 is 0 Å². The number of pyridine rings is 1. The Morgan fingerprint density at radius 2 is 2.20 bits per heavy atom. The molecule has 0 spiro atoms. The Labute approximate surface area is 89.3 Å². The van der Waals surface area contributed by atoms with Crippen molar-refractivity contribution in [3.05, 3.63) is 30.5 Å². The highest BCUT2D eigenvalue weighted by Gasteiger charge is 2.03. The molecule has 0 unspecified atom stereocenters. The Bertz CT molecular complexity index is 465. The summed E-state index contributed by atoms with van der Waals surface area (Å²) < 4.78 is 0. The van der Waals surface area contributed by atoms with Crippen LogP contribution in [0.3, 0.4) is 0 Å². The molecule has 3 nitrogen and oxygen atoms in total. The van der Waals surface area contributed by atoms with E-state index in [1.54, 1.807) is 6.20 Å². The highest BCUT2D eigenvalue weighted by atomic mass is 14.9. The summed E-state index contributed by atoms with van der Waals surface area (Å²) in [4.78, 5) is 4.28. The highest BCUT2D eigenvalue weighted by molar-refractivity contribution is 5.98. The van der Waals surface area contributed by atoms with Crippen LogP contribution in [0.25, 0.3) is 10.9 Å². The fourth-order valence-corrected chi connectivity index (χ4v) is 1.61. The van der Waals surface area contributed by atoms with Gasteiger partial charge in [0, 0.05) is 23.8 Å². The molecule has 0 amide bonds. The maximum absolute atomic E-state index is 5.86. The molecule has 0 aliphatic heterocycles. The molecule has 0 aliphatic rings. The van der Waals surface area contributed by atoms with Crippen LogP contribution in [-0.4, -0.2) is 11.5 Å². The van der Waals surface area contributed by atoms with Gasteiger partial charge < -0.3 is 11.1 Å². The Morgan fingerprint density at radius 3 is 3.00 bits per heavy atom. The molecule has 0 fully saturated rings. The minimum Gasteiger partial charge on any atom is -0.397 e. The largest absolute Gasteiger partial charge is 0.397 e. The molecule has 0 atom stereocenters. The molecule has 15 heavy (non-hydrogen) atoms. The number of hydrogen-bond acceptors (Lipinski definition) is 3. The van der Waals surface area contributed by atoms with Crippen LogP contribution in [0.5, 0.6) is 0 Å². The average molecular weight is 201 g/mol. The van der Waals surface area contributed by atoms with E-state index in [2.05, 4.69) is 17.2 Å². The Kier molecular flexibility index (Phi) is 2.72. The molecule has 1 aromatic heterocycles. The van der Waals surface area contributed by atoms with Gasteiger partial charge in [0.05, 0.1) is 11.2 Å². The number of hydrogen-bond donors (Lipinski definition) is 2. The lowest BCUT2D eigenvalue weighted by Crippen LogP contribution is -2.01. The molecule has 0 saturated carbocycles. The van der Waals surface area contributed by atoms with Crippen molar-refractivity contribution in [2.45, 2.75) is 13.3 Å². The summed E-state index contributed by atoms with van der Waals surface area (Å²) in [7, 11) is 0. The van der Waals surface area contributed by atoms with Crippen molar-refractivity contribution in [1.82, 2.24) is 4.98 Å². The number of rotatable bonds is 3. The molecule has 3 heteroatoms. The zero-order chi connectivity index (χ0) is 10.7. The fraction of sp³-hybridized carbons (Fsp3) is 0.250. The number of nitrogens with two attached hydrogens (primary N) is 1. The Balaban J connectivity index is 2.51. The number of nitrogens with one attached hydrogen (secondary N) is 1.